The lowest BCUT2D eigenvalue weighted by Gasteiger charge is -2.07. The number of hydrogen-bond donors (Lipinski definition) is 0. The number of furan rings is 1. The molecule has 4 rings (SSSR count). The summed E-state index contributed by atoms with van der Waals surface area (Å²) >= 11 is 0. The van der Waals surface area contributed by atoms with Crippen molar-refractivity contribution in [2.45, 2.75) is 6.61 Å². The van der Waals surface area contributed by atoms with E-state index in [0.717, 1.165) is 0 Å². The van der Waals surface area contributed by atoms with Crippen molar-refractivity contribution in [1.82, 2.24) is 0 Å². The van der Waals surface area contributed by atoms with Crippen LogP contribution in [0.15, 0.2) is 65.3 Å². The molecule has 0 saturated carbocycles. The van der Waals surface area contributed by atoms with Gasteiger partial charge < -0.3 is 23.4 Å². The standard InChI is InChI=1S/C19H14O6/c20-19(25-15-6-7-16-17(10-15)24-12-23-16)18-13(8-9-21-18)11-22-14-4-2-1-3-5-14/h1-10H,11-12H2. The minimum atomic E-state index is -0.601. The molecule has 1 aliphatic rings. The van der Waals surface area contributed by atoms with E-state index >= 15 is 0 Å². The van der Waals surface area contributed by atoms with Gasteiger partial charge in [-0.3, -0.25) is 0 Å². The van der Waals surface area contributed by atoms with Gasteiger partial charge in [0, 0.05) is 11.6 Å². The Bertz CT molecular complexity index is 884. The highest BCUT2D eigenvalue weighted by atomic mass is 16.7. The fourth-order valence-electron chi connectivity index (χ4n) is 2.40. The monoisotopic (exact) mass is 338 g/mol. The Morgan fingerprint density at radius 1 is 0.960 bits per heavy atom. The number of carbonyl (C=O) groups excluding carboxylic acids is 1. The molecule has 3 aromatic rings. The van der Waals surface area contributed by atoms with E-state index in [9.17, 15) is 4.79 Å². The molecular formula is C19H14O6. The van der Waals surface area contributed by atoms with Crippen LogP contribution in [0.3, 0.4) is 0 Å². The largest absolute Gasteiger partial charge is 0.489 e. The van der Waals surface area contributed by atoms with Gasteiger partial charge in [-0.2, -0.15) is 0 Å². The lowest BCUT2D eigenvalue weighted by molar-refractivity contribution is 0.0697. The summed E-state index contributed by atoms with van der Waals surface area (Å²) in [7, 11) is 0. The van der Waals surface area contributed by atoms with Gasteiger partial charge in [0.1, 0.15) is 18.1 Å². The molecule has 6 heteroatoms. The van der Waals surface area contributed by atoms with E-state index in [1.165, 1.54) is 6.26 Å². The smallest absolute Gasteiger partial charge is 0.380 e. The second-order valence-corrected chi connectivity index (χ2v) is 5.28. The lowest BCUT2D eigenvalue weighted by atomic mass is 10.2. The Morgan fingerprint density at radius 3 is 2.68 bits per heavy atom. The van der Waals surface area contributed by atoms with Gasteiger partial charge in [-0.05, 0) is 30.3 Å². The average Bonchev–Trinajstić information content (AvgIpc) is 3.29. The zero-order valence-corrected chi connectivity index (χ0v) is 13.1. The third-order valence-electron chi connectivity index (χ3n) is 3.62. The van der Waals surface area contributed by atoms with Crippen LogP contribution in [0.4, 0.5) is 0 Å². The van der Waals surface area contributed by atoms with Crippen molar-refractivity contribution in [2.75, 3.05) is 6.79 Å². The number of carbonyl (C=O) groups is 1. The molecule has 25 heavy (non-hydrogen) atoms. The zero-order chi connectivity index (χ0) is 17.1. The predicted molar refractivity (Wildman–Crippen MR) is 87.0 cm³/mol. The van der Waals surface area contributed by atoms with Crippen LogP contribution in [0.2, 0.25) is 0 Å². The van der Waals surface area contributed by atoms with E-state index in [1.54, 1.807) is 24.3 Å². The van der Waals surface area contributed by atoms with Crippen molar-refractivity contribution >= 4 is 5.97 Å². The van der Waals surface area contributed by atoms with Crippen LogP contribution in [-0.2, 0) is 6.61 Å². The van der Waals surface area contributed by atoms with E-state index in [0.29, 0.717) is 28.6 Å². The number of fused-ring (bicyclic) bond motifs is 1. The van der Waals surface area contributed by atoms with E-state index in [2.05, 4.69) is 0 Å². The summed E-state index contributed by atoms with van der Waals surface area (Å²) in [6.45, 7) is 0.359. The fraction of sp³-hybridized carbons (Fsp3) is 0.105. The molecule has 0 N–H and O–H groups in total. The van der Waals surface area contributed by atoms with Gasteiger partial charge in [-0.15, -0.1) is 0 Å². The van der Waals surface area contributed by atoms with Crippen molar-refractivity contribution in [3.63, 3.8) is 0 Å². The number of rotatable bonds is 5. The third-order valence-corrected chi connectivity index (χ3v) is 3.62. The van der Waals surface area contributed by atoms with Crippen molar-refractivity contribution in [2.24, 2.45) is 0 Å². The molecule has 1 aliphatic heterocycles. The second-order valence-electron chi connectivity index (χ2n) is 5.28. The van der Waals surface area contributed by atoms with Gasteiger partial charge in [0.2, 0.25) is 12.6 Å². The maximum atomic E-state index is 12.4. The first-order chi connectivity index (χ1) is 12.3. The van der Waals surface area contributed by atoms with Gasteiger partial charge in [-0.25, -0.2) is 4.79 Å². The van der Waals surface area contributed by atoms with Crippen LogP contribution >= 0.6 is 0 Å². The minimum Gasteiger partial charge on any atom is -0.489 e. The van der Waals surface area contributed by atoms with E-state index < -0.39 is 5.97 Å². The van der Waals surface area contributed by atoms with Crippen molar-refractivity contribution in [1.29, 1.82) is 0 Å². The Kier molecular flexibility index (Phi) is 4.00. The summed E-state index contributed by atoms with van der Waals surface area (Å²) in [4.78, 5) is 12.4. The average molecular weight is 338 g/mol. The quantitative estimate of drug-likeness (QED) is 0.521. The number of benzene rings is 2. The van der Waals surface area contributed by atoms with Gasteiger partial charge in [0.25, 0.3) is 0 Å². The van der Waals surface area contributed by atoms with Crippen molar-refractivity contribution in [3.8, 4) is 23.0 Å². The first kappa shape index (κ1) is 15.1. The number of esters is 1. The summed E-state index contributed by atoms with van der Waals surface area (Å²) in [5, 5.41) is 0. The summed E-state index contributed by atoms with van der Waals surface area (Å²) in [5.41, 5.74) is 0.606. The molecule has 0 fully saturated rings. The maximum Gasteiger partial charge on any atom is 0.380 e. The van der Waals surface area contributed by atoms with Crippen LogP contribution in [0, 0.1) is 0 Å². The van der Waals surface area contributed by atoms with Gasteiger partial charge in [0.05, 0.1) is 6.26 Å². The van der Waals surface area contributed by atoms with Gasteiger partial charge >= 0.3 is 5.97 Å². The minimum absolute atomic E-state index is 0.105. The molecule has 1 aromatic heterocycles. The summed E-state index contributed by atoms with van der Waals surface area (Å²) in [5.74, 6) is 1.72. The first-order valence-corrected chi connectivity index (χ1v) is 7.65. The van der Waals surface area contributed by atoms with Gasteiger partial charge in [-0.1, -0.05) is 18.2 Å². The molecular weight excluding hydrogens is 324 g/mol. The Hall–Kier alpha value is -3.41. The number of ether oxygens (including phenoxy) is 4. The van der Waals surface area contributed by atoms with Crippen LogP contribution in [-0.4, -0.2) is 12.8 Å². The molecule has 0 unspecified atom stereocenters. The Balaban J connectivity index is 1.45. The summed E-state index contributed by atoms with van der Waals surface area (Å²) < 4.78 is 26.8. The predicted octanol–water partition coefficient (Wildman–Crippen LogP) is 3.81. The van der Waals surface area contributed by atoms with Gasteiger partial charge in [0.15, 0.2) is 11.5 Å². The molecule has 0 aliphatic carbocycles. The molecule has 0 saturated heterocycles. The van der Waals surface area contributed by atoms with Crippen molar-refractivity contribution in [3.05, 3.63) is 72.2 Å². The molecule has 2 aromatic carbocycles. The maximum absolute atomic E-state index is 12.4. The highest BCUT2D eigenvalue weighted by Crippen LogP contribution is 2.35. The molecule has 6 nitrogen and oxygen atoms in total. The van der Waals surface area contributed by atoms with Crippen LogP contribution in [0.1, 0.15) is 16.1 Å². The highest BCUT2D eigenvalue weighted by Gasteiger charge is 2.20. The first-order valence-electron chi connectivity index (χ1n) is 7.65. The third kappa shape index (κ3) is 3.28. The second kappa shape index (κ2) is 6.60. The normalized spacial score (nSPS) is 12.0. The molecule has 0 spiro atoms. The molecule has 0 atom stereocenters. The topological polar surface area (TPSA) is 67.1 Å². The van der Waals surface area contributed by atoms with Crippen LogP contribution in [0.25, 0.3) is 0 Å². The number of para-hydroxylation sites is 1. The number of hydrogen-bond acceptors (Lipinski definition) is 6. The van der Waals surface area contributed by atoms with E-state index in [1.807, 2.05) is 30.3 Å². The van der Waals surface area contributed by atoms with E-state index in [4.69, 9.17) is 23.4 Å². The van der Waals surface area contributed by atoms with Crippen LogP contribution < -0.4 is 18.9 Å². The molecule has 2 heterocycles. The van der Waals surface area contributed by atoms with Crippen molar-refractivity contribution < 1.29 is 28.2 Å². The summed E-state index contributed by atoms with van der Waals surface area (Å²) in [6.07, 6.45) is 1.43. The summed E-state index contributed by atoms with van der Waals surface area (Å²) in [6, 6.07) is 15.9. The lowest BCUT2D eigenvalue weighted by Crippen LogP contribution is -2.10. The highest BCUT2D eigenvalue weighted by molar-refractivity contribution is 5.89. The molecule has 0 bridgehead atoms. The Labute approximate surface area is 143 Å². The fourth-order valence-corrected chi connectivity index (χ4v) is 2.40. The SMILES string of the molecule is O=C(Oc1ccc2c(c1)OCO2)c1occc1COc1ccccc1. The van der Waals surface area contributed by atoms with Crippen LogP contribution in [0.5, 0.6) is 23.0 Å². The molecule has 0 amide bonds. The zero-order valence-electron chi connectivity index (χ0n) is 13.1. The molecule has 0 radical (unpaired) electrons. The Morgan fingerprint density at radius 2 is 1.80 bits per heavy atom. The molecule has 126 valence electrons. The van der Waals surface area contributed by atoms with E-state index in [-0.39, 0.29) is 19.2 Å².